The molecule has 0 fully saturated rings. The first-order valence-corrected chi connectivity index (χ1v) is 7.71. The van der Waals surface area contributed by atoms with Crippen molar-refractivity contribution < 1.29 is 14.3 Å². The van der Waals surface area contributed by atoms with Crippen LogP contribution < -0.4 is 4.74 Å². The van der Waals surface area contributed by atoms with Crippen LogP contribution >= 0.6 is 0 Å². The second kappa shape index (κ2) is 8.34. The number of methoxy groups -OCH3 is 1. The van der Waals surface area contributed by atoms with E-state index >= 15 is 0 Å². The number of allylic oxidation sites excluding steroid dienone is 3. The fourth-order valence-electron chi connectivity index (χ4n) is 2.35. The lowest BCUT2D eigenvalue weighted by Crippen LogP contribution is -2.31. The highest BCUT2D eigenvalue weighted by Gasteiger charge is 2.21. The summed E-state index contributed by atoms with van der Waals surface area (Å²) in [4.78, 5) is 27.2. The zero-order chi connectivity index (χ0) is 18.4. The maximum absolute atomic E-state index is 12.3. The number of hydrogen-bond donors (Lipinski definition) is 0. The van der Waals surface area contributed by atoms with E-state index in [4.69, 9.17) is 4.74 Å². The van der Waals surface area contributed by atoms with Crippen molar-refractivity contribution in [3.05, 3.63) is 53.5 Å². The van der Waals surface area contributed by atoms with Crippen molar-refractivity contribution in [3.8, 4) is 5.75 Å². The molecule has 0 heterocycles. The van der Waals surface area contributed by atoms with Gasteiger partial charge < -0.3 is 14.5 Å². The van der Waals surface area contributed by atoms with E-state index in [0.29, 0.717) is 17.9 Å². The van der Waals surface area contributed by atoms with Crippen LogP contribution in [0.5, 0.6) is 5.75 Å². The first kappa shape index (κ1) is 19.5. The Labute approximate surface area is 144 Å². The number of rotatable bonds is 7. The molecule has 1 rings (SSSR count). The molecular weight excluding hydrogens is 304 g/mol. The second-order valence-corrected chi connectivity index (χ2v) is 5.74. The summed E-state index contributed by atoms with van der Waals surface area (Å²) in [5.74, 6) is 0.532. The van der Waals surface area contributed by atoms with Crippen LogP contribution in [0.15, 0.2) is 47.9 Å². The first-order chi connectivity index (χ1) is 11.2. The average Bonchev–Trinajstić information content (AvgIpc) is 2.53. The van der Waals surface area contributed by atoms with Gasteiger partial charge in [-0.2, -0.15) is 0 Å². The number of amides is 1. The minimum absolute atomic E-state index is 0.114. The lowest BCUT2D eigenvalue weighted by Gasteiger charge is -2.30. The highest BCUT2D eigenvalue weighted by atomic mass is 16.5. The van der Waals surface area contributed by atoms with Crippen LogP contribution in [0.4, 0.5) is 0 Å². The van der Waals surface area contributed by atoms with E-state index in [1.165, 1.54) is 18.7 Å². The Morgan fingerprint density at radius 1 is 1.08 bits per heavy atom. The van der Waals surface area contributed by atoms with Gasteiger partial charge in [-0.3, -0.25) is 9.59 Å². The fourth-order valence-corrected chi connectivity index (χ4v) is 2.35. The van der Waals surface area contributed by atoms with Crippen molar-refractivity contribution in [2.24, 2.45) is 0 Å². The number of nitrogens with zero attached hydrogens (tertiary/aromatic N) is 2. The highest BCUT2D eigenvalue weighted by molar-refractivity contribution is 5.94. The van der Waals surface area contributed by atoms with Gasteiger partial charge in [0.2, 0.25) is 5.91 Å². The number of hydrogen-bond acceptors (Lipinski definition) is 4. The Morgan fingerprint density at radius 2 is 1.62 bits per heavy atom. The van der Waals surface area contributed by atoms with Crippen molar-refractivity contribution >= 4 is 11.7 Å². The molecule has 24 heavy (non-hydrogen) atoms. The number of carbonyl (C=O) groups excluding carboxylic acids is 2. The standard InChI is InChI=1S/C19H26N2O3/c1-13(2)21(12-17-8-10-18(24-7)11-9-17)19(15(4)22)14(3)20(6)16(5)23/h8-11H,1,12H2,2-7H3/b19-14+. The SMILES string of the molecule is C=C(C)N(Cc1ccc(OC)cc1)/C(C(C)=O)=C(\C)N(C)C(C)=O. The van der Waals surface area contributed by atoms with Crippen molar-refractivity contribution in [2.75, 3.05) is 14.2 Å². The van der Waals surface area contributed by atoms with Crippen LogP contribution in [0.3, 0.4) is 0 Å². The molecule has 0 saturated heterocycles. The van der Waals surface area contributed by atoms with E-state index in [1.54, 1.807) is 21.1 Å². The van der Waals surface area contributed by atoms with Crippen LogP contribution in [0.2, 0.25) is 0 Å². The number of carbonyl (C=O) groups is 2. The molecule has 130 valence electrons. The first-order valence-electron chi connectivity index (χ1n) is 7.71. The van der Waals surface area contributed by atoms with Crippen LogP contribution in [0.25, 0.3) is 0 Å². The summed E-state index contributed by atoms with van der Waals surface area (Å²) in [6.07, 6.45) is 0. The molecule has 0 atom stereocenters. The summed E-state index contributed by atoms with van der Waals surface area (Å²) >= 11 is 0. The Hall–Kier alpha value is -2.56. The molecule has 0 aliphatic carbocycles. The lowest BCUT2D eigenvalue weighted by atomic mass is 10.1. The maximum atomic E-state index is 12.3. The van der Waals surface area contributed by atoms with Gasteiger partial charge in [-0.1, -0.05) is 18.7 Å². The molecule has 0 saturated carbocycles. The van der Waals surface area contributed by atoms with Crippen molar-refractivity contribution in [1.82, 2.24) is 9.80 Å². The molecule has 0 N–H and O–H groups in total. The van der Waals surface area contributed by atoms with Gasteiger partial charge >= 0.3 is 0 Å². The van der Waals surface area contributed by atoms with Gasteiger partial charge in [-0.25, -0.2) is 0 Å². The molecule has 1 amide bonds. The quantitative estimate of drug-likeness (QED) is 0.720. The minimum Gasteiger partial charge on any atom is -0.497 e. The van der Waals surface area contributed by atoms with Gasteiger partial charge in [-0.15, -0.1) is 0 Å². The van der Waals surface area contributed by atoms with Crippen LogP contribution in [-0.2, 0) is 16.1 Å². The summed E-state index contributed by atoms with van der Waals surface area (Å²) in [5.41, 5.74) is 2.81. The third-order valence-electron chi connectivity index (χ3n) is 3.88. The van der Waals surface area contributed by atoms with E-state index in [0.717, 1.165) is 17.0 Å². The van der Waals surface area contributed by atoms with Crippen molar-refractivity contribution in [3.63, 3.8) is 0 Å². The summed E-state index contributed by atoms with van der Waals surface area (Å²) in [5, 5.41) is 0. The Bertz CT molecular complexity index is 660. The zero-order valence-electron chi connectivity index (χ0n) is 15.3. The molecule has 0 radical (unpaired) electrons. The van der Waals surface area contributed by atoms with Gasteiger partial charge in [0.1, 0.15) is 11.4 Å². The summed E-state index contributed by atoms with van der Waals surface area (Å²) in [6, 6.07) is 7.63. The molecule has 1 aromatic carbocycles. The summed E-state index contributed by atoms with van der Waals surface area (Å²) in [7, 11) is 3.28. The predicted molar refractivity (Wildman–Crippen MR) is 95.2 cm³/mol. The highest BCUT2D eigenvalue weighted by Crippen LogP contribution is 2.23. The topological polar surface area (TPSA) is 49.9 Å². The van der Waals surface area contributed by atoms with E-state index in [2.05, 4.69) is 6.58 Å². The smallest absolute Gasteiger partial charge is 0.223 e. The fraction of sp³-hybridized carbons (Fsp3) is 0.368. The minimum atomic E-state index is -0.127. The van der Waals surface area contributed by atoms with Gasteiger partial charge in [-0.05, 0) is 31.5 Å². The third kappa shape index (κ3) is 4.72. The van der Waals surface area contributed by atoms with Crippen molar-refractivity contribution in [2.45, 2.75) is 34.2 Å². The number of benzene rings is 1. The zero-order valence-corrected chi connectivity index (χ0v) is 15.3. The number of ether oxygens (including phenoxy) is 1. The molecule has 0 spiro atoms. The van der Waals surface area contributed by atoms with E-state index in [-0.39, 0.29) is 11.7 Å². The second-order valence-electron chi connectivity index (χ2n) is 5.74. The van der Waals surface area contributed by atoms with Crippen molar-refractivity contribution in [1.29, 1.82) is 0 Å². The largest absolute Gasteiger partial charge is 0.497 e. The molecule has 0 aliphatic rings. The number of Topliss-reactive ketones (excluding diaryl/α,β-unsaturated/α-hetero) is 1. The molecular formula is C19H26N2O3. The third-order valence-corrected chi connectivity index (χ3v) is 3.88. The summed E-state index contributed by atoms with van der Waals surface area (Å²) < 4.78 is 5.16. The molecule has 0 unspecified atom stereocenters. The molecule has 0 aliphatic heterocycles. The molecule has 5 heteroatoms. The maximum Gasteiger partial charge on any atom is 0.223 e. The van der Waals surface area contributed by atoms with Crippen LogP contribution in [-0.4, -0.2) is 35.6 Å². The van der Waals surface area contributed by atoms with Gasteiger partial charge in [0.05, 0.1) is 7.11 Å². The molecule has 5 nitrogen and oxygen atoms in total. The summed E-state index contributed by atoms with van der Waals surface area (Å²) in [6.45, 7) is 11.0. The molecule has 1 aromatic rings. The molecule has 0 bridgehead atoms. The van der Waals surface area contributed by atoms with Gasteiger partial charge in [0, 0.05) is 38.8 Å². The van der Waals surface area contributed by atoms with E-state index in [1.807, 2.05) is 36.1 Å². The Balaban J connectivity index is 3.27. The Morgan fingerprint density at radius 3 is 2.00 bits per heavy atom. The monoisotopic (exact) mass is 330 g/mol. The van der Waals surface area contributed by atoms with Gasteiger partial charge in [0.25, 0.3) is 0 Å². The van der Waals surface area contributed by atoms with Crippen LogP contribution in [0.1, 0.15) is 33.3 Å². The van der Waals surface area contributed by atoms with Gasteiger partial charge in [0.15, 0.2) is 5.78 Å². The predicted octanol–water partition coefficient (Wildman–Crippen LogP) is 3.33. The number of ketones is 1. The molecule has 0 aromatic heterocycles. The van der Waals surface area contributed by atoms with E-state index < -0.39 is 0 Å². The lowest BCUT2D eigenvalue weighted by molar-refractivity contribution is -0.125. The van der Waals surface area contributed by atoms with Crippen LogP contribution in [0, 0.1) is 0 Å². The Kier molecular flexibility index (Phi) is 6.77. The average molecular weight is 330 g/mol. The normalized spacial score (nSPS) is 11.4. The van der Waals surface area contributed by atoms with E-state index in [9.17, 15) is 9.59 Å².